The second-order valence-electron chi connectivity index (χ2n) is 5.46. The molecule has 0 aliphatic rings. The van der Waals surface area contributed by atoms with Crippen LogP contribution in [0.25, 0.3) is 17.2 Å². The molecule has 1 aromatic heterocycles. The van der Waals surface area contributed by atoms with Gasteiger partial charge in [0.2, 0.25) is 0 Å². The number of carbonyl (C=O) groups is 1. The molecule has 3 aromatic rings. The van der Waals surface area contributed by atoms with Crippen LogP contribution in [-0.2, 0) is 6.18 Å². The van der Waals surface area contributed by atoms with Crippen LogP contribution in [-0.4, -0.2) is 5.78 Å². The standard InChI is InChI=1S/C20H12ClF3OS/c21-15-8-6-14(7-9-15)18(25)11-10-16-12-17(13-4-2-1-3-5-13)19(26-16)20(22,23)24/h1-12H. The number of allylic oxidation sites excluding steroid dienone is 1. The van der Waals surface area contributed by atoms with Crippen LogP contribution in [0.15, 0.2) is 66.7 Å². The van der Waals surface area contributed by atoms with Gasteiger partial charge in [0, 0.05) is 21.0 Å². The first-order chi connectivity index (χ1) is 12.3. The lowest BCUT2D eigenvalue weighted by Gasteiger charge is -2.07. The fraction of sp³-hybridized carbons (Fsp3) is 0.0500. The molecule has 0 spiro atoms. The van der Waals surface area contributed by atoms with Gasteiger partial charge in [-0.3, -0.25) is 4.79 Å². The Hall–Kier alpha value is -2.37. The van der Waals surface area contributed by atoms with Crippen molar-refractivity contribution in [3.8, 4) is 11.1 Å². The highest BCUT2D eigenvalue weighted by Crippen LogP contribution is 2.43. The van der Waals surface area contributed by atoms with Gasteiger partial charge in [0.25, 0.3) is 0 Å². The molecule has 0 radical (unpaired) electrons. The summed E-state index contributed by atoms with van der Waals surface area (Å²) >= 11 is 6.39. The van der Waals surface area contributed by atoms with E-state index >= 15 is 0 Å². The Bertz CT molecular complexity index is 941. The first-order valence-electron chi connectivity index (χ1n) is 7.59. The van der Waals surface area contributed by atoms with Crippen LogP contribution >= 0.6 is 22.9 Å². The third-order valence-corrected chi connectivity index (χ3v) is 5.02. The van der Waals surface area contributed by atoms with Gasteiger partial charge in [0.15, 0.2) is 5.78 Å². The third kappa shape index (κ3) is 4.23. The van der Waals surface area contributed by atoms with E-state index in [1.807, 2.05) is 0 Å². The normalized spacial score (nSPS) is 11.8. The topological polar surface area (TPSA) is 17.1 Å². The average molecular weight is 393 g/mol. The molecule has 26 heavy (non-hydrogen) atoms. The second-order valence-corrected chi connectivity index (χ2v) is 6.98. The zero-order valence-corrected chi connectivity index (χ0v) is 14.8. The first kappa shape index (κ1) is 18.4. The van der Waals surface area contributed by atoms with Gasteiger partial charge >= 0.3 is 6.18 Å². The monoisotopic (exact) mass is 392 g/mol. The van der Waals surface area contributed by atoms with Gasteiger partial charge in [-0.25, -0.2) is 0 Å². The largest absolute Gasteiger partial charge is 0.426 e. The Morgan fingerprint density at radius 3 is 2.27 bits per heavy atom. The molecular formula is C20H12ClF3OS. The molecule has 0 unspecified atom stereocenters. The van der Waals surface area contributed by atoms with Crippen molar-refractivity contribution in [3.05, 3.63) is 87.1 Å². The van der Waals surface area contributed by atoms with E-state index in [4.69, 9.17) is 11.6 Å². The van der Waals surface area contributed by atoms with E-state index in [0.29, 0.717) is 32.4 Å². The summed E-state index contributed by atoms with van der Waals surface area (Å²) in [7, 11) is 0. The summed E-state index contributed by atoms with van der Waals surface area (Å²) in [5, 5.41) is 0.506. The molecule has 2 aromatic carbocycles. The molecule has 0 atom stereocenters. The van der Waals surface area contributed by atoms with Crippen LogP contribution in [0, 0.1) is 0 Å². The Morgan fingerprint density at radius 1 is 1.00 bits per heavy atom. The van der Waals surface area contributed by atoms with Gasteiger partial charge in [-0.1, -0.05) is 41.9 Å². The maximum Gasteiger partial charge on any atom is 0.426 e. The van der Waals surface area contributed by atoms with E-state index in [1.54, 1.807) is 54.6 Å². The van der Waals surface area contributed by atoms with Crippen LogP contribution in [0.3, 0.4) is 0 Å². The summed E-state index contributed by atoms with van der Waals surface area (Å²) < 4.78 is 40.1. The molecule has 0 amide bonds. The summed E-state index contributed by atoms with van der Waals surface area (Å²) in [6.45, 7) is 0. The molecule has 0 aliphatic carbocycles. The summed E-state index contributed by atoms with van der Waals surface area (Å²) in [4.78, 5) is 11.8. The maximum atomic E-state index is 13.4. The molecule has 0 aliphatic heterocycles. The minimum absolute atomic E-state index is 0.113. The zero-order chi connectivity index (χ0) is 18.7. The molecular weight excluding hydrogens is 381 g/mol. The van der Waals surface area contributed by atoms with Gasteiger partial charge in [0.05, 0.1) is 0 Å². The van der Waals surface area contributed by atoms with Crippen LogP contribution in [0.5, 0.6) is 0 Å². The number of thiophene rings is 1. The quantitative estimate of drug-likeness (QED) is 0.345. The van der Waals surface area contributed by atoms with E-state index in [9.17, 15) is 18.0 Å². The molecule has 0 saturated heterocycles. The van der Waals surface area contributed by atoms with E-state index in [2.05, 4.69) is 0 Å². The summed E-state index contributed by atoms with van der Waals surface area (Å²) in [6, 6.07) is 16.1. The number of ketones is 1. The van der Waals surface area contributed by atoms with Gasteiger partial charge in [-0.05, 0) is 48.0 Å². The molecule has 0 bridgehead atoms. The third-order valence-electron chi connectivity index (χ3n) is 3.62. The van der Waals surface area contributed by atoms with Gasteiger partial charge in [-0.2, -0.15) is 13.2 Å². The van der Waals surface area contributed by atoms with Crippen molar-refractivity contribution in [1.82, 2.24) is 0 Å². The van der Waals surface area contributed by atoms with Gasteiger partial charge in [0.1, 0.15) is 4.88 Å². The molecule has 1 nitrogen and oxygen atoms in total. The van der Waals surface area contributed by atoms with E-state index in [1.165, 1.54) is 18.2 Å². The van der Waals surface area contributed by atoms with Crippen molar-refractivity contribution < 1.29 is 18.0 Å². The molecule has 0 fully saturated rings. The predicted molar refractivity (Wildman–Crippen MR) is 99.6 cm³/mol. The van der Waals surface area contributed by atoms with Crippen LogP contribution in [0.1, 0.15) is 20.1 Å². The van der Waals surface area contributed by atoms with Crippen molar-refractivity contribution in [1.29, 1.82) is 0 Å². The minimum atomic E-state index is -4.46. The summed E-state index contributed by atoms with van der Waals surface area (Å²) in [6.07, 6.45) is -1.78. The van der Waals surface area contributed by atoms with Crippen molar-refractivity contribution >= 4 is 34.8 Å². The Morgan fingerprint density at radius 2 is 1.65 bits per heavy atom. The number of hydrogen-bond acceptors (Lipinski definition) is 2. The van der Waals surface area contributed by atoms with Gasteiger partial charge < -0.3 is 0 Å². The highest BCUT2D eigenvalue weighted by molar-refractivity contribution is 7.13. The van der Waals surface area contributed by atoms with Crippen LogP contribution in [0.2, 0.25) is 5.02 Å². The average Bonchev–Trinajstić information content (AvgIpc) is 3.06. The minimum Gasteiger partial charge on any atom is -0.289 e. The highest BCUT2D eigenvalue weighted by Gasteiger charge is 2.36. The lowest BCUT2D eigenvalue weighted by Crippen LogP contribution is -2.03. The summed E-state index contributed by atoms with van der Waals surface area (Å²) in [5.74, 6) is -0.301. The van der Waals surface area contributed by atoms with E-state index in [0.717, 1.165) is 0 Å². The molecule has 0 saturated carbocycles. The molecule has 1 heterocycles. The molecule has 0 N–H and O–H groups in total. The molecule has 132 valence electrons. The lowest BCUT2D eigenvalue weighted by molar-refractivity contribution is -0.133. The molecule has 6 heteroatoms. The Labute approximate surface area is 157 Å². The van der Waals surface area contributed by atoms with Crippen molar-refractivity contribution in [2.75, 3.05) is 0 Å². The number of carbonyl (C=O) groups excluding carboxylic acids is 1. The fourth-order valence-electron chi connectivity index (χ4n) is 2.40. The van der Waals surface area contributed by atoms with Crippen molar-refractivity contribution in [2.45, 2.75) is 6.18 Å². The van der Waals surface area contributed by atoms with Crippen LogP contribution < -0.4 is 0 Å². The number of halogens is 4. The SMILES string of the molecule is O=C(C=Cc1cc(-c2ccccc2)c(C(F)(F)F)s1)c1ccc(Cl)cc1. The Balaban J connectivity index is 1.92. The van der Waals surface area contributed by atoms with Gasteiger partial charge in [-0.15, -0.1) is 11.3 Å². The fourth-order valence-corrected chi connectivity index (χ4v) is 3.48. The summed E-state index contributed by atoms with van der Waals surface area (Å²) in [5.41, 5.74) is 1.02. The van der Waals surface area contributed by atoms with Crippen LogP contribution in [0.4, 0.5) is 13.2 Å². The lowest BCUT2D eigenvalue weighted by atomic mass is 10.1. The highest BCUT2D eigenvalue weighted by atomic mass is 35.5. The van der Waals surface area contributed by atoms with Crippen molar-refractivity contribution in [3.63, 3.8) is 0 Å². The molecule has 3 rings (SSSR count). The number of hydrogen-bond donors (Lipinski definition) is 0. The van der Waals surface area contributed by atoms with Crippen molar-refractivity contribution in [2.24, 2.45) is 0 Å². The number of benzene rings is 2. The van der Waals surface area contributed by atoms with E-state index < -0.39 is 11.1 Å². The number of alkyl halides is 3. The Kier molecular flexibility index (Phi) is 5.30. The smallest absolute Gasteiger partial charge is 0.289 e. The predicted octanol–water partition coefficient (Wildman–Crippen LogP) is 6.98. The maximum absolute atomic E-state index is 13.4. The van der Waals surface area contributed by atoms with E-state index in [-0.39, 0.29) is 11.3 Å². The number of rotatable bonds is 4. The second kappa shape index (κ2) is 7.48. The first-order valence-corrected chi connectivity index (χ1v) is 8.78. The zero-order valence-electron chi connectivity index (χ0n) is 13.3.